The molecule has 0 saturated carbocycles. The fourth-order valence-electron chi connectivity index (χ4n) is 1.24. The van der Waals surface area contributed by atoms with E-state index in [4.69, 9.17) is 0 Å². The van der Waals surface area contributed by atoms with Crippen LogP contribution < -0.4 is 5.32 Å². The van der Waals surface area contributed by atoms with Crippen molar-refractivity contribution in [1.29, 1.82) is 0 Å². The van der Waals surface area contributed by atoms with Crippen LogP contribution in [-0.2, 0) is 0 Å². The molecule has 0 aromatic heterocycles. The van der Waals surface area contributed by atoms with E-state index in [2.05, 4.69) is 38.4 Å². The van der Waals surface area contributed by atoms with E-state index in [9.17, 15) is 0 Å². The van der Waals surface area contributed by atoms with Gasteiger partial charge >= 0.3 is 0 Å². The maximum atomic E-state index is 3.21. The van der Waals surface area contributed by atoms with Crippen LogP contribution >= 0.6 is 0 Å². The largest absolute Gasteiger partial charge is 0.391 e. The molecule has 0 radical (unpaired) electrons. The summed E-state index contributed by atoms with van der Waals surface area (Å²) in [5.41, 5.74) is 0.436. The first kappa shape index (κ1) is 7.64. The Morgan fingerprint density at radius 1 is 1.50 bits per heavy atom. The highest BCUT2D eigenvalue weighted by atomic mass is 14.8. The summed E-state index contributed by atoms with van der Waals surface area (Å²) in [7, 11) is 0. The van der Waals surface area contributed by atoms with Gasteiger partial charge in [0, 0.05) is 6.54 Å². The fourth-order valence-corrected chi connectivity index (χ4v) is 1.24. The second-order valence-corrected chi connectivity index (χ2v) is 3.70. The molecule has 0 saturated heterocycles. The van der Waals surface area contributed by atoms with Crippen molar-refractivity contribution in [2.45, 2.75) is 27.2 Å². The Morgan fingerprint density at radius 2 is 2.20 bits per heavy atom. The second-order valence-electron chi connectivity index (χ2n) is 3.70. The van der Waals surface area contributed by atoms with Gasteiger partial charge in [-0.3, -0.25) is 0 Å². The highest BCUT2D eigenvalue weighted by Crippen LogP contribution is 2.33. The Balaban J connectivity index is 2.65. The van der Waals surface area contributed by atoms with Crippen molar-refractivity contribution in [3.8, 4) is 0 Å². The normalized spacial score (nSPS) is 32.4. The van der Waals surface area contributed by atoms with Gasteiger partial charge in [0.25, 0.3) is 0 Å². The molecule has 0 spiro atoms. The predicted octanol–water partition coefficient (Wildman–Crippen LogP) is 2.16. The van der Waals surface area contributed by atoms with Crippen molar-refractivity contribution in [2.24, 2.45) is 11.3 Å². The third-order valence-corrected chi connectivity index (χ3v) is 2.71. The summed E-state index contributed by atoms with van der Waals surface area (Å²) >= 11 is 0. The molecule has 1 aliphatic rings. The molecule has 0 amide bonds. The molecule has 1 nitrogen and oxygen atoms in total. The Hall–Kier alpha value is -0.460. The summed E-state index contributed by atoms with van der Waals surface area (Å²) in [6.45, 7) is 8.03. The Morgan fingerprint density at radius 3 is 2.50 bits per heavy atom. The van der Waals surface area contributed by atoms with E-state index in [0.717, 1.165) is 12.5 Å². The Bertz CT molecular complexity index is 138. The maximum Gasteiger partial charge on any atom is 0.0149 e. The van der Waals surface area contributed by atoms with Gasteiger partial charge in [0.15, 0.2) is 0 Å². The van der Waals surface area contributed by atoms with Crippen molar-refractivity contribution in [2.75, 3.05) is 6.54 Å². The van der Waals surface area contributed by atoms with E-state index < -0.39 is 0 Å². The molecule has 1 rings (SSSR count). The van der Waals surface area contributed by atoms with E-state index >= 15 is 0 Å². The first-order valence-electron chi connectivity index (χ1n) is 4.06. The molecular weight excluding hydrogens is 122 g/mol. The van der Waals surface area contributed by atoms with Gasteiger partial charge in [-0.15, -0.1) is 0 Å². The minimum absolute atomic E-state index is 0.436. The monoisotopic (exact) mass is 139 g/mol. The average molecular weight is 139 g/mol. The minimum atomic E-state index is 0.436. The van der Waals surface area contributed by atoms with Gasteiger partial charge < -0.3 is 5.32 Å². The average Bonchev–Trinajstić information content (AvgIpc) is 1.89. The lowest BCUT2D eigenvalue weighted by Crippen LogP contribution is -2.29. The van der Waals surface area contributed by atoms with Crippen LogP contribution in [0.1, 0.15) is 27.2 Å². The van der Waals surface area contributed by atoms with Crippen molar-refractivity contribution < 1.29 is 0 Å². The van der Waals surface area contributed by atoms with Crippen molar-refractivity contribution in [3.05, 3.63) is 12.3 Å². The SMILES string of the molecule is CC(C)C1(C)C=CNCC1. The molecule has 1 heteroatoms. The van der Waals surface area contributed by atoms with E-state index in [1.807, 2.05) is 0 Å². The van der Waals surface area contributed by atoms with Gasteiger partial charge in [-0.05, 0) is 24.0 Å². The zero-order valence-corrected chi connectivity index (χ0v) is 7.15. The molecule has 0 fully saturated rings. The smallest absolute Gasteiger partial charge is 0.0149 e. The molecule has 1 N–H and O–H groups in total. The first-order valence-corrected chi connectivity index (χ1v) is 4.06. The lowest BCUT2D eigenvalue weighted by Gasteiger charge is -2.33. The van der Waals surface area contributed by atoms with E-state index in [-0.39, 0.29) is 0 Å². The lowest BCUT2D eigenvalue weighted by atomic mass is 9.75. The fraction of sp³-hybridized carbons (Fsp3) is 0.778. The summed E-state index contributed by atoms with van der Waals surface area (Å²) in [5.74, 6) is 0.755. The summed E-state index contributed by atoms with van der Waals surface area (Å²) in [4.78, 5) is 0. The molecule has 0 aromatic rings. The number of nitrogens with one attached hydrogen (secondary N) is 1. The lowest BCUT2D eigenvalue weighted by molar-refractivity contribution is 0.263. The third kappa shape index (κ3) is 1.34. The molecule has 58 valence electrons. The quantitative estimate of drug-likeness (QED) is 0.587. The molecule has 10 heavy (non-hydrogen) atoms. The highest BCUT2D eigenvalue weighted by molar-refractivity contribution is 5.01. The molecular formula is C9H17N. The Kier molecular flexibility index (Phi) is 2.02. The number of allylic oxidation sites excluding steroid dienone is 1. The van der Waals surface area contributed by atoms with Gasteiger partial charge in [-0.2, -0.15) is 0 Å². The summed E-state index contributed by atoms with van der Waals surface area (Å²) in [6, 6.07) is 0. The predicted molar refractivity (Wildman–Crippen MR) is 44.7 cm³/mol. The molecule has 0 bridgehead atoms. The highest BCUT2D eigenvalue weighted by Gasteiger charge is 2.25. The van der Waals surface area contributed by atoms with Crippen LogP contribution in [0, 0.1) is 11.3 Å². The molecule has 1 atom stereocenters. The molecule has 1 unspecified atom stereocenters. The van der Waals surface area contributed by atoms with Gasteiger partial charge in [-0.1, -0.05) is 26.8 Å². The first-order chi connectivity index (χ1) is 4.65. The van der Waals surface area contributed by atoms with Crippen LogP contribution in [0.25, 0.3) is 0 Å². The van der Waals surface area contributed by atoms with Crippen LogP contribution in [-0.4, -0.2) is 6.54 Å². The molecule has 0 aliphatic carbocycles. The van der Waals surface area contributed by atoms with Gasteiger partial charge in [0.05, 0.1) is 0 Å². The van der Waals surface area contributed by atoms with Crippen molar-refractivity contribution >= 4 is 0 Å². The Labute approximate surface area is 63.5 Å². The maximum absolute atomic E-state index is 3.21. The van der Waals surface area contributed by atoms with Gasteiger partial charge in [0.1, 0.15) is 0 Å². The van der Waals surface area contributed by atoms with E-state index in [1.165, 1.54) is 6.42 Å². The van der Waals surface area contributed by atoms with E-state index in [1.54, 1.807) is 0 Å². The standard InChI is InChI=1S/C9H17N/c1-8(2)9(3)4-6-10-7-5-9/h4,6,8,10H,5,7H2,1-3H3. The third-order valence-electron chi connectivity index (χ3n) is 2.71. The van der Waals surface area contributed by atoms with Crippen LogP contribution in [0.5, 0.6) is 0 Å². The van der Waals surface area contributed by atoms with Gasteiger partial charge in [-0.25, -0.2) is 0 Å². The van der Waals surface area contributed by atoms with Crippen molar-refractivity contribution in [3.63, 3.8) is 0 Å². The zero-order chi connectivity index (χ0) is 7.61. The summed E-state index contributed by atoms with van der Waals surface area (Å²) in [5, 5.41) is 3.21. The van der Waals surface area contributed by atoms with Crippen LogP contribution in [0.2, 0.25) is 0 Å². The topological polar surface area (TPSA) is 12.0 Å². The van der Waals surface area contributed by atoms with Crippen LogP contribution in [0.4, 0.5) is 0 Å². The van der Waals surface area contributed by atoms with Gasteiger partial charge in [0.2, 0.25) is 0 Å². The second kappa shape index (κ2) is 2.65. The van der Waals surface area contributed by atoms with E-state index in [0.29, 0.717) is 5.41 Å². The molecule has 0 aromatic carbocycles. The van der Waals surface area contributed by atoms with Crippen LogP contribution in [0.3, 0.4) is 0 Å². The number of hydrogen-bond donors (Lipinski definition) is 1. The van der Waals surface area contributed by atoms with Crippen LogP contribution in [0.15, 0.2) is 12.3 Å². The molecule has 1 aliphatic heterocycles. The summed E-state index contributed by atoms with van der Waals surface area (Å²) < 4.78 is 0. The summed E-state index contributed by atoms with van der Waals surface area (Å²) in [6.07, 6.45) is 5.64. The number of rotatable bonds is 1. The van der Waals surface area contributed by atoms with Crippen molar-refractivity contribution in [1.82, 2.24) is 5.32 Å². The number of hydrogen-bond acceptors (Lipinski definition) is 1. The molecule has 1 heterocycles. The zero-order valence-electron chi connectivity index (χ0n) is 7.15. The minimum Gasteiger partial charge on any atom is -0.391 e.